The molecule has 2 aromatic carbocycles. The molecule has 0 saturated carbocycles. The minimum absolute atomic E-state index is 0.0295. The third kappa shape index (κ3) is 5.35. The molecule has 0 aromatic heterocycles. The largest absolute Gasteiger partial charge is 0.493 e. The van der Waals surface area contributed by atoms with Gasteiger partial charge < -0.3 is 14.2 Å². The fourth-order valence-electron chi connectivity index (χ4n) is 2.64. The summed E-state index contributed by atoms with van der Waals surface area (Å²) in [7, 11) is 1.44. The molecule has 0 atom stereocenters. The summed E-state index contributed by atoms with van der Waals surface area (Å²) in [6.07, 6.45) is 1.32. The van der Waals surface area contributed by atoms with Crippen LogP contribution in [-0.4, -0.2) is 43.1 Å². The van der Waals surface area contributed by atoms with Gasteiger partial charge in [0.2, 0.25) is 0 Å². The molecule has 0 bridgehead atoms. The molecule has 11 nitrogen and oxygen atoms in total. The number of nitrogens with zero attached hydrogens (tertiary/aromatic N) is 1. The number of ether oxygens (including phenoxy) is 3. The SMILES string of the molecule is COc1cc(C=C2C(=O)NC(=O)NC2=O)ccc1OCCOc1ccc([N+](=O)[O-])cc1. The van der Waals surface area contributed by atoms with Crippen LogP contribution in [0.25, 0.3) is 6.08 Å². The normalized spacial score (nSPS) is 13.2. The van der Waals surface area contributed by atoms with E-state index in [0.29, 0.717) is 22.8 Å². The standard InChI is InChI=1S/C20H17N3O8/c1-29-17-11-12(10-15-18(24)21-20(26)22-19(15)25)2-7-16(17)31-9-8-30-14-5-3-13(4-6-14)23(27)28/h2-7,10-11H,8-9H2,1H3,(H2,21,22,24,25,26). The molecule has 0 spiro atoms. The predicted molar refractivity (Wildman–Crippen MR) is 107 cm³/mol. The number of carbonyl (C=O) groups is 3. The quantitative estimate of drug-likeness (QED) is 0.213. The third-order valence-corrected chi connectivity index (χ3v) is 4.10. The van der Waals surface area contributed by atoms with Gasteiger partial charge in [-0.3, -0.25) is 30.3 Å². The van der Waals surface area contributed by atoms with Crippen molar-refractivity contribution < 1.29 is 33.5 Å². The number of barbiturate groups is 1. The van der Waals surface area contributed by atoms with Gasteiger partial charge in [0.15, 0.2) is 11.5 Å². The summed E-state index contributed by atoms with van der Waals surface area (Å²) in [5.74, 6) is -0.361. The van der Waals surface area contributed by atoms with Gasteiger partial charge in [-0.1, -0.05) is 6.07 Å². The van der Waals surface area contributed by atoms with Gasteiger partial charge in [0.1, 0.15) is 24.5 Å². The average molecular weight is 427 g/mol. The first-order chi connectivity index (χ1) is 14.9. The van der Waals surface area contributed by atoms with E-state index in [0.717, 1.165) is 0 Å². The lowest BCUT2D eigenvalue weighted by atomic mass is 10.1. The van der Waals surface area contributed by atoms with Crippen LogP contribution in [0.2, 0.25) is 0 Å². The fraction of sp³-hybridized carbons (Fsp3) is 0.150. The number of non-ortho nitro benzene ring substituents is 1. The number of carbonyl (C=O) groups excluding carboxylic acids is 3. The number of nitrogens with one attached hydrogen (secondary N) is 2. The van der Waals surface area contributed by atoms with Crippen molar-refractivity contribution in [2.24, 2.45) is 0 Å². The average Bonchev–Trinajstić information content (AvgIpc) is 2.74. The highest BCUT2D eigenvalue weighted by molar-refractivity contribution is 6.31. The van der Waals surface area contributed by atoms with Crippen molar-refractivity contribution in [1.82, 2.24) is 10.6 Å². The van der Waals surface area contributed by atoms with E-state index >= 15 is 0 Å². The van der Waals surface area contributed by atoms with E-state index in [-0.39, 0.29) is 24.5 Å². The topological polar surface area (TPSA) is 146 Å². The smallest absolute Gasteiger partial charge is 0.328 e. The van der Waals surface area contributed by atoms with Crippen LogP contribution < -0.4 is 24.8 Å². The van der Waals surface area contributed by atoms with E-state index < -0.39 is 22.8 Å². The number of rotatable bonds is 8. The molecular weight excluding hydrogens is 410 g/mol. The molecule has 0 aliphatic carbocycles. The van der Waals surface area contributed by atoms with Crippen molar-refractivity contribution in [3.05, 3.63) is 63.7 Å². The Kier molecular flexibility index (Phi) is 6.45. The second kappa shape index (κ2) is 9.39. The molecule has 1 saturated heterocycles. The van der Waals surface area contributed by atoms with Gasteiger partial charge in [-0.05, 0) is 35.9 Å². The zero-order valence-electron chi connectivity index (χ0n) is 16.2. The zero-order valence-corrected chi connectivity index (χ0v) is 16.2. The molecule has 1 aliphatic rings. The second-order valence-electron chi connectivity index (χ2n) is 6.15. The Morgan fingerprint density at radius 1 is 0.935 bits per heavy atom. The van der Waals surface area contributed by atoms with Crippen molar-refractivity contribution in [1.29, 1.82) is 0 Å². The summed E-state index contributed by atoms with van der Waals surface area (Å²) in [4.78, 5) is 44.9. The molecule has 2 N–H and O–H groups in total. The van der Waals surface area contributed by atoms with E-state index in [1.165, 1.54) is 37.5 Å². The van der Waals surface area contributed by atoms with Crippen LogP contribution in [0.4, 0.5) is 10.5 Å². The lowest BCUT2D eigenvalue weighted by Crippen LogP contribution is -2.51. The molecule has 11 heteroatoms. The molecule has 31 heavy (non-hydrogen) atoms. The Balaban J connectivity index is 1.60. The van der Waals surface area contributed by atoms with Crippen LogP contribution in [-0.2, 0) is 9.59 Å². The highest BCUT2D eigenvalue weighted by Crippen LogP contribution is 2.29. The zero-order chi connectivity index (χ0) is 22.4. The molecule has 1 heterocycles. The molecular formula is C20H17N3O8. The number of benzene rings is 2. The summed E-state index contributed by atoms with van der Waals surface area (Å²) >= 11 is 0. The van der Waals surface area contributed by atoms with Gasteiger partial charge in [-0.15, -0.1) is 0 Å². The molecule has 2 aromatic rings. The lowest BCUT2D eigenvalue weighted by molar-refractivity contribution is -0.384. The Bertz CT molecular complexity index is 1040. The van der Waals surface area contributed by atoms with Gasteiger partial charge >= 0.3 is 6.03 Å². The first-order valence-electron chi connectivity index (χ1n) is 8.94. The maximum absolute atomic E-state index is 11.8. The second-order valence-corrected chi connectivity index (χ2v) is 6.15. The fourth-order valence-corrected chi connectivity index (χ4v) is 2.64. The first kappa shape index (κ1) is 21.3. The number of amides is 4. The van der Waals surface area contributed by atoms with Crippen LogP contribution in [0.3, 0.4) is 0 Å². The lowest BCUT2D eigenvalue weighted by Gasteiger charge is -2.15. The summed E-state index contributed by atoms with van der Waals surface area (Å²) < 4.78 is 16.4. The summed E-state index contributed by atoms with van der Waals surface area (Å²) in [6, 6.07) is 9.57. The number of hydrogen-bond acceptors (Lipinski definition) is 8. The van der Waals surface area contributed by atoms with Crippen LogP contribution in [0, 0.1) is 10.1 Å². The Morgan fingerprint density at radius 3 is 2.19 bits per heavy atom. The van der Waals surface area contributed by atoms with Crippen LogP contribution in [0.15, 0.2) is 48.0 Å². The van der Waals surface area contributed by atoms with Crippen molar-refractivity contribution in [3.63, 3.8) is 0 Å². The van der Waals surface area contributed by atoms with Gasteiger partial charge in [0.25, 0.3) is 17.5 Å². The monoisotopic (exact) mass is 427 g/mol. The maximum atomic E-state index is 11.8. The number of nitro groups is 1. The van der Waals surface area contributed by atoms with E-state index in [4.69, 9.17) is 14.2 Å². The van der Waals surface area contributed by atoms with Gasteiger partial charge in [0.05, 0.1) is 12.0 Å². The van der Waals surface area contributed by atoms with E-state index in [2.05, 4.69) is 0 Å². The Morgan fingerprint density at radius 2 is 1.58 bits per heavy atom. The van der Waals surface area contributed by atoms with Gasteiger partial charge in [-0.25, -0.2) is 4.79 Å². The van der Waals surface area contributed by atoms with Gasteiger partial charge in [0, 0.05) is 12.1 Å². The van der Waals surface area contributed by atoms with Crippen LogP contribution >= 0.6 is 0 Å². The Hall–Kier alpha value is -4.41. The molecule has 160 valence electrons. The summed E-state index contributed by atoms with van der Waals surface area (Å²) in [5.41, 5.74) is 0.242. The number of hydrogen-bond donors (Lipinski definition) is 2. The minimum atomic E-state index is -0.871. The summed E-state index contributed by atoms with van der Waals surface area (Å²) in [5, 5.41) is 14.6. The number of urea groups is 1. The van der Waals surface area contributed by atoms with Gasteiger partial charge in [-0.2, -0.15) is 0 Å². The van der Waals surface area contributed by atoms with Crippen LogP contribution in [0.1, 0.15) is 5.56 Å². The number of nitro benzene ring substituents is 1. The molecule has 0 unspecified atom stereocenters. The van der Waals surface area contributed by atoms with E-state index in [1.54, 1.807) is 18.2 Å². The molecule has 3 rings (SSSR count). The summed E-state index contributed by atoms with van der Waals surface area (Å²) in [6.45, 7) is 0.349. The molecule has 0 radical (unpaired) electrons. The first-order valence-corrected chi connectivity index (χ1v) is 8.94. The van der Waals surface area contributed by atoms with Crippen LogP contribution in [0.5, 0.6) is 17.2 Å². The van der Waals surface area contributed by atoms with Crippen molar-refractivity contribution in [2.45, 2.75) is 0 Å². The number of methoxy groups -OCH3 is 1. The third-order valence-electron chi connectivity index (χ3n) is 4.10. The molecule has 4 amide bonds. The minimum Gasteiger partial charge on any atom is -0.493 e. The van der Waals surface area contributed by atoms with Crippen molar-refractivity contribution >= 4 is 29.6 Å². The predicted octanol–water partition coefficient (Wildman–Crippen LogP) is 1.81. The molecule has 1 fully saturated rings. The van der Waals surface area contributed by atoms with Crippen molar-refractivity contribution in [2.75, 3.05) is 20.3 Å². The highest BCUT2D eigenvalue weighted by Gasteiger charge is 2.27. The van der Waals surface area contributed by atoms with E-state index in [9.17, 15) is 24.5 Å². The maximum Gasteiger partial charge on any atom is 0.328 e. The number of imide groups is 2. The van der Waals surface area contributed by atoms with Crippen molar-refractivity contribution in [3.8, 4) is 17.2 Å². The van der Waals surface area contributed by atoms with E-state index in [1.807, 2.05) is 10.6 Å². The Labute approximate surface area is 175 Å². The highest BCUT2D eigenvalue weighted by atomic mass is 16.6. The molecule has 1 aliphatic heterocycles.